The highest BCUT2D eigenvalue weighted by atomic mass is 16.7. The lowest BCUT2D eigenvalue weighted by Crippen LogP contribution is -2.31. The maximum atomic E-state index is 5.27. The summed E-state index contributed by atoms with van der Waals surface area (Å²) in [5, 5.41) is 1.68. The van der Waals surface area contributed by atoms with Gasteiger partial charge in [-0.2, -0.15) is 0 Å². The molecule has 11 heavy (non-hydrogen) atoms. The fourth-order valence-corrected chi connectivity index (χ4v) is 0.876. The molecule has 0 aliphatic carbocycles. The fraction of sp³-hybridized carbons (Fsp3) is 0.500. The van der Waals surface area contributed by atoms with Crippen LogP contribution in [-0.4, -0.2) is 37.2 Å². The lowest BCUT2D eigenvalue weighted by Gasteiger charge is -2.29. The van der Waals surface area contributed by atoms with E-state index in [0.717, 1.165) is 12.4 Å². The van der Waals surface area contributed by atoms with Crippen LogP contribution < -0.4 is 0 Å². The van der Waals surface area contributed by atoms with E-state index in [1.807, 2.05) is 25.1 Å². The van der Waals surface area contributed by atoms with E-state index in [4.69, 9.17) is 4.84 Å². The van der Waals surface area contributed by atoms with Crippen LogP contribution in [0.5, 0.6) is 0 Å². The minimum Gasteiger partial charge on any atom is -0.356 e. The van der Waals surface area contributed by atoms with Crippen molar-refractivity contribution in [2.24, 2.45) is 0 Å². The molecule has 0 unspecified atom stereocenters. The summed E-state index contributed by atoms with van der Waals surface area (Å²) in [5.74, 6) is 0.884. The van der Waals surface area contributed by atoms with Gasteiger partial charge in [-0.3, -0.25) is 4.84 Å². The number of hydrogen-bond acceptors (Lipinski definition) is 3. The van der Waals surface area contributed by atoms with Crippen molar-refractivity contribution in [3.63, 3.8) is 0 Å². The van der Waals surface area contributed by atoms with Crippen LogP contribution in [-0.2, 0) is 4.84 Å². The summed E-state index contributed by atoms with van der Waals surface area (Å²) in [4.78, 5) is 7.29. The van der Waals surface area contributed by atoms with Gasteiger partial charge in [0.2, 0.25) is 0 Å². The van der Waals surface area contributed by atoms with Crippen molar-refractivity contribution < 1.29 is 4.84 Å². The SMILES string of the molecule is C=C1N(C)CC=CCON1C. The zero-order valence-electron chi connectivity index (χ0n) is 7.08. The standard InChI is InChI=1S/C8H14N2O/c1-8-9(2)6-4-5-7-11-10(8)3/h4-5H,1,6-7H2,2-3H3. The third-order valence-electron chi connectivity index (χ3n) is 1.71. The number of rotatable bonds is 0. The molecule has 0 saturated carbocycles. The van der Waals surface area contributed by atoms with Crippen molar-refractivity contribution in [1.82, 2.24) is 9.96 Å². The first-order valence-electron chi connectivity index (χ1n) is 3.63. The molecule has 0 saturated heterocycles. The fourth-order valence-electron chi connectivity index (χ4n) is 0.876. The summed E-state index contributed by atoms with van der Waals surface area (Å²) in [7, 11) is 3.84. The Morgan fingerprint density at radius 1 is 1.45 bits per heavy atom. The van der Waals surface area contributed by atoms with Gasteiger partial charge in [-0.25, -0.2) is 5.06 Å². The largest absolute Gasteiger partial charge is 0.356 e. The number of hydrogen-bond donors (Lipinski definition) is 0. The molecule has 1 rings (SSSR count). The van der Waals surface area contributed by atoms with Crippen LogP contribution in [0.15, 0.2) is 24.6 Å². The molecule has 0 amide bonds. The summed E-state index contributed by atoms with van der Waals surface area (Å²) in [6.07, 6.45) is 4.07. The Balaban J connectivity index is 2.62. The van der Waals surface area contributed by atoms with Gasteiger partial charge >= 0.3 is 0 Å². The second kappa shape index (κ2) is 3.44. The molecule has 1 aliphatic heterocycles. The van der Waals surface area contributed by atoms with E-state index in [-0.39, 0.29) is 0 Å². The molecule has 0 bridgehead atoms. The quantitative estimate of drug-likeness (QED) is 0.480. The van der Waals surface area contributed by atoms with Gasteiger partial charge in [0.1, 0.15) is 5.82 Å². The zero-order chi connectivity index (χ0) is 8.27. The monoisotopic (exact) mass is 154 g/mol. The zero-order valence-corrected chi connectivity index (χ0v) is 7.08. The molecule has 0 spiro atoms. The highest BCUT2D eigenvalue weighted by Gasteiger charge is 2.07. The third-order valence-corrected chi connectivity index (χ3v) is 1.71. The molecule has 1 aliphatic rings. The number of hydroxylamine groups is 2. The maximum absolute atomic E-state index is 5.27. The Morgan fingerprint density at radius 2 is 2.18 bits per heavy atom. The molecular weight excluding hydrogens is 140 g/mol. The molecule has 62 valence electrons. The van der Waals surface area contributed by atoms with E-state index in [1.54, 1.807) is 5.06 Å². The van der Waals surface area contributed by atoms with Crippen molar-refractivity contribution in [3.05, 3.63) is 24.6 Å². The van der Waals surface area contributed by atoms with Crippen molar-refractivity contribution in [3.8, 4) is 0 Å². The van der Waals surface area contributed by atoms with Gasteiger partial charge < -0.3 is 4.90 Å². The summed E-state index contributed by atoms with van der Waals surface area (Å²) in [5.41, 5.74) is 0. The average molecular weight is 154 g/mol. The molecular formula is C8H14N2O. The predicted molar refractivity (Wildman–Crippen MR) is 44.6 cm³/mol. The van der Waals surface area contributed by atoms with Crippen LogP contribution in [0.2, 0.25) is 0 Å². The van der Waals surface area contributed by atoms with Crippen LogP contribution in [0, 0.1) is 0 Å². The van der Waals surface area contributed by atoms with Gasteiger partial charge in [0, 0.05) is 20.6 Å². The summed E-state index contributed by atoms with van der Waals surface area (Å²) in [6.45, 7) is 5.39. The van der Waals surface area contributed by atoms with Crippen LogP contribution in [0.1, 0.15) is 0 Å². The molecule has 0 fully saturated rings. The van der Waals surface area contributed by atoms with Crippen LogP contribution in [0.3, 0.4) is 0 Å². The van der Waals surface area contributed by atoms with E-state index < -0.39 is 0 Å². The molecule has 0 atom stereocenters. The molecule has 0 radical (unpaired) electrons. The molecule has 0 aromatic heterocycles. The minimum atomic E-state index is 0.628. The average Bonchev–Trinajstić information content (AvgIpc) is 2.00. The highest BCUT2D eigenvalue weighted by molar-refractivity contribution is 4.95. The number of nitrogens with zero attached hydrogens (tertiary/aromatic N) is 2. The van der Waals surface area contributed by atoms with Gasteiger partial charge in [-0.1, -0.05) is 18.7 Å². The second-order valence-electron chi connectivity index (χ2n) is 2.56. The predicted octanol–water partition coefficient (Wildman–Crippen LogP) is 0.823. The molecule has 0 N–H and O–H groups in total. The number of likely N-dealkylation sites (N-methyl/N-ethyl adjacent to an activating group) is 1. The summed E-state index contributed by atoms with van der Waals surface area (Å²) in [6, 6.07) is 0. The summed E-state index contributed by atoms with van der Waals surface area (Å²) >= 11 is 0. The van der Waals surface area contributed by atoms with Crippen molar-refractivity contribution in [2.75, 3.05) is 27.2 Å². The van der Waals surface area contributed by atoms with Crippen LogP contribution >= 0.6 is 0 Å². The molecule has 3 heteroatoms. The van der Waals surface area contributed by atoms with Gasteiger partial charge in [0.25, 0.3) is 0 Å². The Kier molecular flexibility index (Phi) is 2.54. The first-order valence-corrected chi connectivity index (χ1v) is 3.63. The maximum Gasteiger partial charge on any atom is 0.121 e. The first kappa shape index (κ1) is 8.14. The van der Waals surface area contributed by atoms with E-state index in [9.17, 15) is 0 Å². The van der Waals surface area contributed by atoms with E-state index in [0.29, 0.717) is 6.61 Å². The van der Waals surface area contributed by atoms with Gasteiger partial charge in [0.15, 0.2) is 0 Å². The Bertz CT molecular complexity index is 177. The van der Waals surface area contributed by atoms with E-state index in [2.05, 4.69) is 12.7 Å². The van der Waals surface area contributed by atoms with Crippen molar-refractivity contribution in [1.29, 1.82) is 0 Å². The lowest BCUT2D eigenvalue weighted by molar-refractivity contribution is -0.116. The summed E-state index contributed by atoms with van der Waals surface area (Å²) < 4.78 is 0. The second-order valence-corrected chi connectivity index (χ2v) is 2.56. The Labute approximate surface area is 67.5 Å². The van der Waals surface area contributed by atoms with Crippen molar-refractivity contribution >= 4 is 0 Å². The first-order chi connectivity index (χ1) is 5.22. The van der Waals surface area contributed by atoms with E-state index >= 15 is 0 Å². The van der Waals surface area contributed by atoms with E-state index in [1.165, 1.54) is 0 Å². The highest BCUT2D eigenvalue weighted by Crippen LogP contribution is 2.06. The topological polar surface area (TPSA) is 15.7 Å². The Hall–Kier alpha value is -0.960. The van der Waals surface area contributed by atoms with Crippen LogP contribution in [0.4, 0.5) is 0 Å². The van der Waals surface area contributed by atoms with Crippen molar-refractivity contribution in [2.45, 2.75) is 0 Å². The van der Waals surface area contributed by atoms with Gasteiger partial charge in [-0.15, -0.1) is 0 Å². The molecule has 0 aromatic rings. The molecule has 3 nitrogen and oxygen atoms in total. The third kappa shape index (κ3) is 1.98. The molecule has 1 heterocycles. The minimum absolute atomic E-state index is 0.628. The molecule has 0 aromatic carbocycles. The normalized spacial score (nSPS) is 20.0. The van der Waals surface area contributed by atoms with Gasteiger partial charge in [-0.05, 0) is 0 Å². The van der Waals surface area contributed by atoms with Crippen LogP contribution in [0.25, 0.3) is 0 Å². The smallest absolute Gasteiger partial charge is 0.121 e. The lowest BCUT2D eigenvalue weighted by atomic mass is 10.4. The Morgan fingerprint density at radius 3 is 2.91 bits per heavy atom. The van der Waals surface area contributed by atoms with Gasteiger partial charge in [0.05, 0.1) is 6.61 Å².